The molecule has 0 fully saturated rings. The number of rotatable bonds is 5. The molecule has 18 heavy (non-hydrogen) atoms. The molecule has 0 aromatic heterocycles. The Hall–Kier alpha value is 1.60. The Balaban J connectivity index is -0.000000108. The Morgan fingerprint density at radius 3 is 1.72 bits per heavy atom. The maximum absolute atomic E-state index is 9.86. The summed E-state index contributed by atoms with van der Waals surface area (Å²) >= 11 is 0. The fourth-order valence-corrected chi connectivity index (χ4v) is 0.391. The number of nitrogens with two attached hydrogens (primary N) is 1. The molecule has 2 atom stereocenters. The van der Waals surface area contributed by atoms with Gasteiger partial charge in [0.15, 0.2) is 0 Å². The molecule has 0 aliphatic heterocycles. The Bertz CT molecular complexity index is 260. The summed E-state index contributed by atoms with van der Waals surface area (Å²) in [5, 5.41) is 35.4. The summed E-state index contributed by atoms with van der Waals surface area (Å²) < 4.78 is 0. The molecule has 8 nitrogen and oxygen atoms in total. The Morgan fingerprint density at radius 1 is 1.22 bits per heavy atom. The molecule has 0 bridgehead atoms. The van der Waals surface area contributed by atoms with E-state index in [1.54, 1.807) is 0 Å². The summed E-state index contributed by atoms with van der Waals surface area (Å²) in [7, 11) is 0. The van der Waals surface area contributed by atoms with Crippen LogP contribution in [0.15, 0.2) is 0 Å². The molecule has 0 heterocycles. The van der Waals surface area contributed by atoms with Crippen molar-refractivity contribution in [2.24, 2.45) is 5.73 Å². The second-order valence-electron chi connectivity index (χ2n) is 2.85. The molecule has 0 amide bonds. The van der Waals surface area contributed by atoms with E-state index in [-0.39, 0.29) is 116 Å². The van der Waals surface area contributed by atoms with Crippen molar-refractivity contribution >= 4 is 17.9 Å². The molecule has 0 radical (unpaired) electrons. The number of aliphatic hydroxyl groups excluding tert-OH is 1. The van der Waals surface area contributed by atoms with Gasteiger partial charge < -0.3 is 35.7 Å². The summed E-state index contributed by atoms with van der Waals surface area (Å²) in [4.78, 5) is 29.1. The molecule has 10 heteroatoms. The number of aliphatic hydroxyl groups is 1. The standard InChI is InChI=1S/C5H9NO4.C3H6O3.2K/c6-3(5(9)10)1-2-4(7)8;1-2(4)3(5)6;;/h3H,1-2,6H2,(H,7,8)(H,9,10);2,4H,1H3,(H,5,6);;/q;;2*+1/p-2. The van der Waals surface area contributed by atoms with E-state index in [1.165, 1.54) is 6.92 Å². The summed E-state index contributed by atoms with van der Waals surface area (Å²) in [5.41, 5.74) is 4.91. The van der Waals surface area contributed by atoms with Crippen LogP contribution in [0.3, 0.4) is 0 Å². The SMILES string of the molecule is CC(O)C(=O)O.NC(CCC(=O)[O-])C(=O)[O-].[K+].[K+]. The predicted octanol–water partition coefficient (Wildman–Crippen LogP) is -9.95. The van der Waals surface area contributed by atoms with Crippen LogP contribution in [0.1, 0.15) is 19.8 Å². The maximum atomic E-state index is 9.86. The third-order valence-electron chi connectivity index (χ3n) is 1.32. The number of hydrogen-bond donors (Lipinski definition) is 3. The van der Waals surface area contributed by atoms with Crippen molar-refractivity contribution in [3.63, 3.8) is 0 Å². The minimum absolute atomic E-state index is 0. The monoisotopic (exact) mass is 313 g/mol. The van der Waals surface area contributed by atoms with Gasteiger partial charge in [-0.25, -0.2) is 4.79 Å². The van der Waals surface area contributed by atoms with Crippen molar-refractivity contribution < 1.29 is 138 Å². The second-order valence-corrected chi connectivity index (χ2v) is 2.85. The molecule has 0 spiro atoms. The van der Waals surface area contributed by atoms with Gasteiger partial charge in [-0.05, 0) is 19.8 Å². The third kappa shape index (κ3) is 22.8. The van der Waals surface area contributed by atoms with E-state index in [2.05, 4.69) is 0 Å². The summed E-state index contributed by atoms with van der Waals surface area (Å²) in [6.45, 7) is 1.20. The van der Waals surface area contributed by atoms with Crippen LogP contribution >= 0.6 is 0 Å². The molecule has 94 valence electrons. The van der Waals surface area contributed by atoms with Crippen molar-refractivity contribution in [2.75, 3.05) is 0 Å². The van der Waals surface area contributed by atoms with Gasteiger partial charge in [-0.1, -0.05) is 0 Å². The molecule has 0 saturated heterocycles. The Kier molecular flexibility index (Phi) is 25.8. The van der Waals surface area contributed by atoms with Crippen LogP contribution in [0.25, 0.3) is 0 Å². The zero-order chi connectivity index (χ0) is 13.3. The van der Waals surface area contributed by atoms with Gasteiger partial charge in [0.2, 0.25) is 0 Å². The summed E-state index contributed by atoms with van der Waals surface area (Å²) in [6.07, 6.45) is -1.73. The maximum Gasteiger partial charge on any atom is 1.00 e. The first-order valence-corrected chi connectivity index (χ1v) is 4.25. The fraction of sp³-hybridized carbons (Fsp3) is 0.625. The zero-order valence-electron chi connectivity index (χ0n) is 10.6. The predicted molar refractivity (Wildman–Crippen MR) is 46.5 cm³/mol. The van der Waals surface area contributed by atoms with Gasteiger partial charge in [-0.15, -0.1) is 0 Å². The Labute approximate surface area is 189 Å². The van der Waals surface area contributed by atoms with Crippen molar-refractivity contribution in [3.05, 3.63) is 0 Å². The van der Waals surface area contributed by atoms with Crippen LogP contribution in [0, 0.1) is 0 Å². The van der Waals surface area contributed by atoms with Crippen molar-refractivity contribution in [1.82, 2.24) is 0 Å². The number of carboxylic acid groups (broad SMARTS) is 3. The van der Waals surface area contributed by atoms with Crippen LogP contribution < -0.4 is 119 Å². The van der Waals surface area contributed by atoms with E-state index in [4.69, 9.17) is 15.9 Å². The number of carboxylic acids is 3. The molecular formula is C8H13K2NO7. The van der Waals surface area contributed by atoms with Crippen molar-refractivity contribution in [1.29, 1.82) is 0 Å². The van der Waals surface area contributed by atoms with Crippen LogP contribution in [-0.2, 0) is 14.4 Å². The molecule has 0 saturated carbocycles. The second kappa shape index (κ2) is 16.7. The molecule has 4 N–H and O–H groups in total. The van der Waals surface area contributed by atoms with E-state index in [9.17, 15) is 24.6 Å². The number of carbonyl (C=O) groups excluding carboxylic acids is 2. The molecule has 0 aliphatic carbocycles. The van der Waals surface area contributed by atoms with Gasteiger partial charge >= 0.3 is 109 Å². The van der Waals surface area contributed by atoms with Gasteiger partial charge in [0.1, 0.15) is 6.10 Å². The van der Waals surface area contributed by atoms with Crippen LogP contribution in [0.5, 0.6) is 0 Å². The van der Waals surface area contributed by atoms with Gasteiger partial charge in [-0.3, -0.25) is 0 Å². The number of hydrogen-bond acceptors (Lipinski definition) is 7. The fourth-order valence-electron chi connectivity index (χ4n) is 0.391. The van der Waals surface area contributed by atoms with E-state index in [0.717, 1.165) is 0 Å². The average molecular weight is 313 g/mol. The minimum atomic E-state index is -1.44. The number of carbonyl (C=O) groups is 3. The van der Waals surface area contributed by atoms with Gasteiger partial charge in [0, 0.05) is 12.0 Å². The summed E-state index contributed by atoms with van der Waals surface area (Å²) in [5.74, 6) is -3.94. The van der Waals surface area contributed by atoms with Crippen molar-refractivity contribution in [3.8, 4) is 0 Å². The molecule has 0 aromatic rings. The zero-order valence-corrected chi connectivity index (χ0v) is 16.8. The minimum Gasteiger partial charge on any atom is -0.550 e. The van der Waals surface area contributed by atoms with E-state index in [1.807, 2.05) is 0 Å². The van der Waals surface area contributed by atoms with Crippen LogP contribution in [0.4, 0.5) is 0 Å². The van der Waals surface area contributed by atoms with Gasteiger partial charge in [-0.2, -0.15) is 0 Å². The first-order chi connectivity index (χ1) is 7.18. The van der Waals surface area contributed by atoms with Crippen LogP contribution in [0.2, 0.25) is 0 Å². The summed E-state index contributed by atoms with van der Waals surface area (Å²) in [6, 6.07) is -1.21. The first kappa shape index (κ1) is 27.9. The van der Waals surface area contributed by atoms with E-state index >= 15 is 0 Å². The average Bonchev–Trinajstić information content (AvgIpc) is 2.14. The smallest absolute Gasteiger partial charge is 0.550 e. The molecule has 0 rings (SSSR count). The Morgan fingerprint density at radius 2 is 1.56 bits per heavy atom. The normalized spacial score (nSPS) is 11.5. The largest absolute Gasteiger partial charge is 1.00 e. The molecular weight excluding hydrogens is 300 g/mol. The van der Waals surface area contributed by atoms with E-state index < -0.39 is 30.1 Å². The topological polar surface area (TPSA) is 164 Å². The molecule has 2 unspecified atom stereocenters. The van der Waals surface area contributed by atoms with Gasteiger partial charge in [0.25, 0.3) is 0 Å². The number of aliphatic carboxylic acids is 3. The van der Waals surface area contributed by atoms with Gasteiger partial charge in [0.05, 0.1) is 5.97 Å². The van der Waals surface area contributed by atoms with E-state index in [0.29, 0.717) is 0 Å². The quantitative estimate of drug-likeness (QED) is 0.421. The third-order valence-corrected chi connectivity index (χ3v) is 1.32. The first-order valence-electron chi connectivity index (χ1n) is 4.25. The molecule has 0 aromatic carbocycles. The van der Waals surface area contributed by atoms with Crippen LogP contribution in [-0.4, -0.2) is 40.3 Å². The molecule has 0 aliphatic rings. The van der Waals surface area contributed by atoms with Crippen molar-refractivity contribution in [2.45, 2.75) is 31.9 Å².